The van der Waals surface area contributed by atoms with E-state index in [4.69, 9.17) is 0 Å². The molecule has 1 aliphatic carbocycles. The van der Waals surface area contributed by atoms with Gasteiger partial charge in [0.1, 0.15) is 0 Å². The fourth-order valence-electron chi connectivity index (χ4n) is 1.03. The number of Topliss-reactive ketones (excluding diaryl/α,β-unsaturated/α-hetero) is 1. The van der Waals surface area contributed by atoms with Gasteiger partial charge in [0.25, 0.3) is 0 Å². The van der Waals surface area contributed by atoms with E-state index < -0.39 is 0 Å². The van der Waals surface area contributed by atoms with Crippen LogP contribution in [0.2, 0.25) is 0 Å². The van der Waals surface area contributed by atoms with Crippen LogP contribution in [0.25, 0.3) is 0 Å². The first-order valence-electron chi connectivity index (χ1n) is 3.19. The predicted octanol–water partition coefficient (Wildman–Crippen LogP) is -2.62. The van der Waals surface area contributed by atoms with E-state index in [0.29, 0.717) is 24.7 Å². The van der Waals surface area contributed by atoms with Gasteiger partial charge in [-0.2, -0.15) is 0 Å². The smallest absolute Gasteiger partial charge is 0.878 e. The van der Waals surface area contributed by atoms with Crippen LogP contribution >= 0.6 is 0 Å². The summed E-state index contributed by atoms with van der Waals surface area (Å²) >= 11 is 0. The predicted molar refractivity (Wildman–Crippen MR) is 31.6 cm³/mol. The molecule has 50 valence electrons. The SMILES string of the molecule is O=C1CCCC/C1=C\[O-].[Na+]. The van der Waals surface area contributed by atoms with Crippen molar-refractivity contribution in [2.75, 3.05) is 0 Å². The van der Waals surface area contributed by atoms with Crippen molar-refractivity contribution >= 4 is 5.78 Å². The molecule has 0 N–H and O–H groups in total. The Kier molecular flexibility index (Phi) is 5.04. The third-order valence-electron chi connectivity index (χ3n) is 1.60. The van der Waals surface area contributed by atoms with Crippen LogP contribution in [0, 0.1) is 0 Å². The van der Waals surface area contributed by atoms with Crippen LogP contribution in [0.5, 0.6) is 0 Å². The third kappa shape index (κ3) is 2.45. The fraction of sp³-hybridized carbons (Fsp3) is 0.571. The van der Waals surface area contributed by atoms with Crippen LogP contribution in [0.15, 0.2) is 11.8 Å². The van der Waals surface area contributed by atoms with Crippen molar-refractivity contribution in [2.24, 2.45) is 0 Å². The zero-order chi connectivity index (χ0) is 6.69. The topological polar surface area (TPSA) is 40.1 Å². The minimum Gasteiger partial charge on any atom is -0.878 e. The maximum atomic E-state index is 10.8. The summed E-state index contributed by atoms with van der Waals surface area (Å²) in [5.41, 5.74) is 0.487. The van der Waals surface area contributed by atoms with Crippen molar-refractivity contribution in [3.05, 3.63) is 11.8 Å². The largest absolute Gasteiger partial charge is 1.00 e. The molecule has 0 saturated heterocycles. The molecule has 0 aromatic carbocycles. The molecule has 1 fully saturated rings. The number of hydrogen-bond donors (Lipinski definition) is 0. The summed E-state index contributed by atoms with van der Waals surface area (Å²) in [5.74, 6) is 0.0521. The normalized spacial score (nSPS) is 22.4. The van der Waals surface area contributed by atoms with Crippen LogP contribution in [0.3, 0.4) is 0 Å². The molecule has 1 rings (SSSR count). The number of allylic oxidation sites excluding steroid dienone is 1. The standard InChI is InChI=1S/C7H10O2.Na/c8-5-6-3-1-2-4-7(6)9;/h5,8H,1-4H2;/q;+1/p-1/b6-5+;. The Labute approximate surface area is 82.6 Å². The van der Waals surface area contributed by atoms with E-state index in [9.17, 15) is 9.90 Å². The second kappa shape index (κ2) is 4.94. The van der Waals surface area contributed by atoms with E-state index in [1.54, 1.807) is 0 Å². The Hall–Kier alpha value is 0.210. The van der Waals surface area contributed by atoms with Crippen LogP contribution in [0.1, 0.15) is 25.7 Å². The molecule has 1 aliphatic rings. The van der Waals surface area contributed by atoms with Gasteiger partial charge in [-0.3, -0.25) is 4.79 Å². The average Bonchev–Trinajstić information content (AvgIpc) is 1.89. The van der Waals surface area contributed by atoms with Gasteiger partial charge < -0.3 is 5.11 Å². The monoisotopic (exact) mass is 148 g/mol. The summed E-state index contributed by atoms with van der Waals surface area (Å²) in [6.07, 6.45) is 3.92. The van der Waals surface area contributed by atoms with Crippen LogP contribution in [0.4, 0.5) is 0 Å². The summed E-state index contributed by atoms with van der Waals surface area (Å²) in [5, 5.41) is 10.1. The van der Waals surface area contributed by atoms with Gasteiger partial charge in [-0.15, -0.1) is 6.26 Å². The molecular formula is C7H9NaO2. The maximum absolute atomic E-state index is 10.8. The van der Waals surface area contributed by atoms with Gasteiger partial charge in [-0.05, 0) is 24.8 Å². The molecule has 0 unspecified atom stereocenters. The summed E-state index contributed by atoms with van der Waals surface area (Å²) < 4.78 is 0. The van der Waals surface area contributed by atoms with Gasteiger partial charge in [0.2, 0.25) is 0 Å². The molecule has 1 saturated carbocycles. The third-order valence-corrected chi connectivity index (χ3v) is 1.60. The summed E-state index contributed by atoms with van der Waals surface area (Å²) in [6, 6.07) is 0. The van der Waals surface area contributed by atoms with E-state index >= 15 is 0 Å². The van der Waals surface area contributed by atoms with Gasteiger partial charge in [-0.1, -0.05) is 0 Å². The van der Waals surface area contributed by atoms with E-state index in [0.717, 1.165) is 12.8 Å². The molecule has 10 heavy (non-hydrogen) atoms. The van der Waals surface area contributed by atoms with Gasteiger partial charge in [-0.25, -0.2) is 0 Å². The molecule has 0 amide bonds. The van der Waals surface area contributed by atoms with Crippen molar-refractivity contribution in [1.29, 1.82) is 0 Å². The quantitative estimate of drug-likeness (QED) is 0.214. The first-order chi connectivity index (χ1) is 4.34. The Morgan fingerprint density at radius 1 is 1.30 bits per heavy atom. The van der Waals surface area contributed by atoms with E-state index in [-0.39, 0.29) is 35.3 Å². The molecule has 0 radical (unpaired) electrons. The van der Waals surface area contributed by atoms with Crippen LogP contribution in [-0.2, 0) is 4.79 Å². The van der Waals surface area contributed by atoms with Gasteiger partial charge in [0, 0.05) is 6.42 Å². The van der Waals surface area contributed by atoms with Gasteiger partial charge >= 0.3 is 29.6 Å². The van der Waals surface area contributed by atoms with E-state index in [1.807, 2.05) is 0 Å². The van der Waals surface area contributed by atoms with Gasteiger partial charge in [0.05, 0.1) is 0 Å². The van der Waals surface area contributed by atoms with Crippen LogP contribution < -0.4 is 34.7 Å². The minimum absolute atomic E-state index is 0. The van der Waals surface area contributed by atoms with Crippen molar-refractivity contribution in [1.82, 2.24) is 0 Å². The zero-order valence-corrected chi connectivity index (χ0v) is 8.22. The number of hydrogen-bond acceptors (Lipinski definition) is 2. The number of rotatable bonds is 0. The van der Waals surface area contributed by atoms with Crippen LogP contribution in [-0.4, -0.2) is 5.78 Å². The molecule has 0 spiro atoms. The molecule has 0 aromatic heterocycles. The summed E-state index contributed by atoms with van der Waals surface area (Å²) in [7, 11) is 0. The second-order valence-corrected chi connectivity index (χ2v) is 2.27. The second-order valence-electron chi connectivity index (χ2n) is 2.27. The molecule has 0 heterocycles. The average molecular weight is 148 g/mol. The Bertz CT molecular complexity index is 152. The first kappa shape index (κ1) is 10.2. The van der Waals surface area contributed by atoms with E-state index in [2.05, 4.69) is 0 Å². The summed E-state index contributed by atoms with van der Waals surface area (Å²) in [6.45, 7) is 0. The van der Waals surface area contributed by atoms with Crippen molar-refractivity contribution in [3.8, 4) is 0 Å². The number of carbonyl (C=O) groups is 1. The molecule has 2 nitrogen and oxygen atoms in total. The Balaban J connectivity index is 0.000000810. The molecule has 0 aromatic rings. The molecule has 0 atom stereocenters. The van der Waals surface area contributed by atoms with Gasteiger partial charge in [0.15, 0.2) is 5.78 Å². The Morgan fingerprint density at radius 3 is 2.30 bits per heavy atom. The maximum Gasteiger partial charge on any atom is 1.00 e. The molecular weight excluding hydrogens is 139 g/mol. The van der Waals surface area contributed by atoms with Crippen molar-refractivity contribution in [3.63, 3.8) is 0 Å². The summed E-state index contributed by atoms with van der Waals surface area (Å²) in [4.78, 5) is 10.8. The van der Waals surface area contributed by atoms with Crippen molar-refractivity contribution in [2.45, 2.75) is 25.7 Å². The molecule has 0 aliphatic heterocycles. The molecule has 0 bridgehead atoms. The minimum atomic E-state index is 0. The number of carbonyl (C=O) groups excluding carboxylic acids is 1. The number of ketones is 1. The molecule has 3 heteroatoms. The zero-order valence-electron chi connectivity index (χ0n) is 6.22. The first-order valence-corrected chi connectivity index (χ1v) is 3.19. The Morgan fingerprint density at radius 2 is 1.90 bits per heavy atom. The fourth-order valence-corrected chi connectivity index (χ4v) is 1.03. The van der Waals surface area contributed by atoms with Crippen molar-refractivity contribution < 1.29 is 39.5 Å². The van der Waals surface area contributed by atoms with E-state index in [1.165, 1.54) is 0 Å².